The van der Waals surface area contributed by atoms with Gasteiger partial charge in [-0.2, -0.15) is 5.10 Å². The fourth-order valence-electron chi connectivity index (χ4n) is 2.74. The Kier molecular flexibility index (Phi) is 4.43. The number of pyridine rings is 1. The van der Waals surface area contributed by atoms with Crippen LogP contribution in [0.1, 0.15) is 25.2 Å². The van der Waals surface area contributed by atoms with Gasteiger partial charge in [0, 0.05) is 22.8 Å². The van der Waals surface area contributed by atoms with Gasteiger partial charge in [-0.3, -0.25) is 10.1 Å². The van der Waals surface area contributed by atoms with Crippen molar-refractivity contribution in [3.63, 3.8) is 0 Å². The van der Waals surface area contributed by atoms with Crippen molar-refractivity contribution < 1.29 is 0 Å². The lowest BCUT2D eigenvalue weighted by molar-refractivity contribution is 1.04. The highest BCUT2D eigenvalue weighted by Gasteiger charge is 2.16. The smallest absolute Gasteiger partial charge is 0.0996 e. The van der Waals surface area contributed by atoms with Gasteiger partial charge in [-0.15, -0.1) is 0 Å². The monoisotopic (exact) mass is 315 g/mol. The van der Waals surface area contributed by atoms with E-state index < -0.39 is 0 Å². The van der Waals surface area contributed by atoms with Crippen LogP contribution in [0.4, 0.5) is 0 Å². The summed E-state index contributed by atoms with van der Waals surface area (Å²) in [6.45, 7) is 10.4. The largest absolute Gasteiger partial charge is 0.282 e. The molecule has 1 aromatic carbocycles. The molecule has 0 bridgehead atoms. The lowest BCUT2D eigenvalue weighted by atomic mass is 9.97. The van der Waals surface area contributed by atoms with Gasteiger partial charge < -0.3 is 0 Å². The summed E-state index contributed by atoms with van der Waals surface area (Å²) in [4.78, 5) is 4.45. The predicted molar refractivity (Wildman–Crippen MR) is 102 cm³/mol. The summed E-state index contributed by atoms with van der Waals surface area (Å²) < 4.78 is 0. The van der Waals surface area contributed by atoms with Crippen molar-refractivity contribution >= 4 is 16.5 Å². The van der Waals surface area contributed by atoms with Crippen LogP contribution >= 0.6 is 0 Å². The Morgan fingerprint density at radius 2 is 1.96 bits per heavy atom. The summed E-state index contributed by atoms with van der Waals surface area (Å²) >= 11 is 0. The lowest BCUT2D eigenvalue weighted by Crippen LogP contribution is -1.89. The Bertz CT molecular complexity index is 949. The number of allylic oxidation sites excluding steroid dienone is 5. The predicted octanol–water partition coefficient (Wildman–Crippen LogP) is 5.47. The van der Waals surface area contributed by atoms with E-state index in [1.807, 2.05) is 49.5 Å². The summed E-state index contributed by atoms with van der Waals surface area (Å²) in [6.07, 6.45) is 7.91. The van der Waals surface area contributed by atoms with E-state index in [0.717, 1.165) is 39.0 Å². The summed E-state index contributed by atoms with van der Waals surface area (Å²) in [5.74, 6) is 0. The van der Waals surface area contributed by atoms with E-state index in [0.29, 0.717) is 0 Å². The average molecular weight is 315 g/mol. The Morgan fingerprint density at radius 1 is 1.17 bits per heavy atom. The lowest BCUT2D eigenvalue weighted by Gasteiger charge is -2.08. The third-order valence-electron chi connectivity index (χ3n) is 3.90. The van der Waals surface area contributed by atoms with Crippen LogP contribution in [0.5, 0.6) is 0 Å². The molecule has 3 nitrogen and oxygen atoms in total. The van der Waals surface area contributed by atoms with Gasteiger partial charge in [-0.1, -0.05) is 48.6 Å². The summed E-state index contributed by atoms with van der Waals surface area (Å²) in [7, 11) is 0. The summed E-state index contributed by atoms with van der Waals surface area (Å²) in [5, 5.41) is 8.70. The fraction of sp³-hybridized carbons (Fsp3) is 0.143. The number of aryl methyl sites for hydroxylation is 1. The van der Waals surface area contributed by atoms with Gasteiger partial charge in [0.2, 0.25) is 0 Å². The zero-order valence-electron chi connectivity index (χ0n) is 14.3. The fourth-order valence-corrected chi connectivity index (χ4v) is 2.74. The SMILES string of the molecule is C=C(/C=C\C=C(C)C)c1n[nH]c(C)c1-c1ccnc2ccccc12. The third kappa shape index (κ3) is 3.06. The van der Waals surface area contributed by atoms with Crippen LogP contribution in [-0.2, 0) is 0 Å². The molecule has 0 saturated carbocycles. The molecule has 0 aliphatic heterocycles. The molecule has 0 aliphatic carbocycles. The minimum Gasteiger partial charge on any atom is -0.282 e. The molecular weight excluding hydrogens is 294 g/mol. The molecule has 2 heterocycles. The van der Waals surface area contributed by atoms with Gasteiger partial charge in [-0.25, -0.2) is 0 Å². The molecule has 0 spiro atoms. The number of hydrogen-bond donors (Lipinski definition) is 1. The number of nitrogens with one attached hydrogen (secondary N) is 1. The molecule has 120 valence electrons. The number of rotatable bonds is 4. The van der Waals surface area contributed by atoms with Crippen LogP contribution in [-0.4, -0.2) is 15.2 Å². The van der Waals surface area contributed by atoms with Gasteiger partial charge in [0.25, 0.3) is 0 Å². The maximum atomic E-state index is 4.48. The quantitative estimate of drug-likeness (QED) is 0.649. The molecule has 0 fully saturated rings. The van der Waals surface area contributed by atoms with E-state index in [1.165, 1.54) is 5.57 Å². The van der Waals surface area contributed by atoms with Gasteiger partial charge >= 0.3 is 0 Å². The van der Waals surface area contributed by atoms with Crippen molar-refractivity contribution in [2.45, 2.75) is 20.8 Å². The first-order valence-corrected chi connectivity index (χ1v) is 7.98. The second kappa shape index (κ2) is 6.67. The minimum atomic E-state index is 0.877. The van der Waals surface area contributed by atoms with Crippen LogP contribution in [0.2, 0.25) is 0 Å². The van der Waals surface area contributed by atoms with E-state index in [4.69, 9.17) is 0 Å². The maximum absolute atomic E-state index is 4.48. The number of benzene rings is 1. The van der Waals surface area contributed by atoms with Crippen molar-refractivity contribution in [2.75, 3.05) is 0 Å². The maximum Gasteiger partial charge on any atom is 0.0996 e. The van der Waals surface area contributed by atoms with Crippen LogP contribution in [0.25, 0.3) is 27.6 Å². The second-order valence-electron chi connectivity index (χ2n) is 6.08. The van der Waals surface area contributed by atoms with E-state index in [9.17, 15) is 0 Å². The van der Waals surface area contributed by atoms with E-state index in [-0.39, 0.29) is 0 Å². The highest BCUT2D eigenvalue weighted by molar-refractivity contribution is 5.98. The molecule has 3 heteroatoms. The summed E-state index contributed by atoms with van der Waals surface area (Å²) in [5.41, 5.74) is 7.22. The molecule has 0 atom stereocenters. The Labute approximate surface area is 142 Å². The number of H-pyrrole nitrogens is 1. The van der Waals surface area contributed by atoms with Crippen molar-refractivity contribution in [3.05, 3.63) is 78.3 Å². The molecule has 3 rings (SSSR count). The Balaban J connectivity index is 2.12. The summed E-state index contributed by atoms with van der Waals surface area (Å²) in [6, 6.07) is 10.2. The van der Waals surface area contributed by atoms with Gasteiger partial charge in [-0.05, 0) is 44.0 Å². The molecule has 2 aromatic heterocycles. The average Bonchev–Trinajstić information content (AvgIpc) is 2.95. The molecule has 0 saturated heterocycles. The second-order valence-corrected chi connectivity index (χ2v) is 6.08. The van der Waals surface area contributed by atoms with Crippen molar-refractivity contribution in [1.29, 1.82) is 0 Å². The number of aromatic amines is 1. The third-order valence-corrected chi connectivity index (χ3v) is 3.90. The molecule has 1 N–H and O–H groups in total. The van der Waals surface area contributed by atoms with Crippen molar-refractivity contribution in [2.24, 2.45) is 0 Å². The minimum absolute atomic E-state index is 0.877. The van der Waals surface area contributed by atoms with Crippen molar-refractivity contribution in [3.8, 4) is 11.1 Å². The van der Waals surface area contributed by atoms with Crippen LogP contribution in [0, 0.1) is 6.92 Å². The first-order valence-electron chi connectivity index (χ1n) is 7.98. The van der Waals surface area contributed by atoms with Gasteiger partial charge in [0.1, 0.15) is 0 Å². The van der Waals surface area contributed by atoms with E-state index >= 15 is 0 Å². The van der Waals surface area contributed by atoms with Crippen LogP contribution in [0.15, 0.2) is 66.9 Å². The number of nitrogens with zero attached hydrogens (tertiary/aromatic N) is 2. The molecule has 0 unspecified atom stereocenters. The molecule has 0 amide bonds. The number of para-hydroxylation sites is 1. The Morgan fingerprint density at radius 3 is 2.75 bits per heavy atom. The number of fused-ring (bicyclic) bond motifs is 1. The standard InChI is InChI=1S/C21H21N3/c1-14(2)8-7-9-15(3)21-20(16(4)23-24-21)18-12-13-22-19-11-6-5-10-17(18)19/h5-13H,3H2,1-2,4H3,(H,23,24)/b9-7-. The van der Waals surface area contributed by atoms with E-state index in [2.05, 4.69) is 47.8 Å². The zero-order valence-corrected chi connectivity index (χ0v) is 14.3. The Hall–Kier alpha value is -2.94. The van der Waals surface area contributed by atoms with Crippen molar-refractivity contribution in [1.82, 2.24) is 15.2 Å². The van der Waals surface area contributed by atoms with Gasteiger partial charge in [0.05, 0.1) is 11.2 Å². The topological polar surface area (TPSA) is 41.6 Å². The molecular formula is C21H21N3. The first kappa shape index (κ1) is 15.9. The molecule has 0 radical (unpaired) electrons. The molecule has 3 aromatic rings. The van der Waals surface area contributed by atoms with Crippen LogP contribution < -0.4 is 0 Å². The van der Waals surface area contributed by atoms with Crippen LogP contribution in [0.3, 0.4) is 0 Å². The van der Waals surface area contributed by atoms with Gasteiger partial charge in [0.15, 0.2) is 0 Å². The van der Waals surface area contributed by atoms with E-state index in [1.54, 1.807) is 0 Å². The zero-order chi connectivity index (χ0) is 17.1. The highest BCUT2D eigenvalue weighted by Crippen LogP contribution is 2.34. The number of hydrogen-bond acceptors (Lipinski definition) is 2. The normalized spacial score (nSPS) is 11.1. The molecule has 24 heavy (non-hydrogen) atoms. The highest BCUT2D eigenvalue weighted by atomic mass is 15.1. The molecule has 0 aliphatic rings. The number of aromatic nitrogens is 3. The first-order chi connectivity index (χ1) is 11.6.